The minimum absolute atomic E-state index is 0.0594. The maximum atomic E-state index is 14.2. The van der Waals surface area contributed by atoms with Crippen molar-refractivity contribution in [2.24, 2.45) is 5.41 Å². The molecule has 0 radical (unpaired) electrons. The fourth-order valence-corrected chi connectivity index (χ4v) is 6.94. The van der Waals surface area contributed by atoms with Gasteiger partial charge in [-0.25, -0.2) is 9.59 Å². The van der Waals surface area contributed by atoms with Crippen molar-refractivity contribution in [2.45, 2.75) is 70.1 Å². The lowest BCUT2D eigenvalue weighted by atomic mass is 9.65. The first-order chi connectivity index (χ1) is 19.0. The van der Waals surface area contributed by atoms with Crippen molar-refractivity contribution in [1.82, 2.24) is 19.6 Å². The Morgan fingerprint density at radius 3 is 2.42 bits per heavy atom. The van der Waals surface area contributed by atoms with E-state index in [1.807, 2.05) is 60.9 Å². The molecule has 0 bridgehead atoms. The molecular weight excluding hydrogens is 512 g/mol. The molecule has 1 aliphatic carbocycles. The highest BCUT2D eigenvalue weighted by Crippen LogP contribution is 2.51. The summed E-state index contributed by atoms with van der Waals surface area (Å²) in [4.78, 5) is 46.8. The van der Waals surface area contributed by atoms with Crippen molar-refractivity contribution in [3.8, 4) is 0 Å². The molecule has 1 aromatic carbocycles. The molecule has 0 aromatic heterocycles. The van der Waals surface area contributed by atoms with E-state index in [-0.39, 0.29) is 30.7 Å². The molecule has 1 unspecified atom stereocenters. The normalized spacial score (nSPS) is 27.3. The first kappa shape index (κ1) is 28.7. The summed E-state index contributed by atoms with van der Waals surface area (Å²) in [5, 5.41) is 12.1. The van der Waals surface area contributed by atoms with Gasteiger partial charge in [-0.3, -0.25) is 4.79 Å². The van der Waals surface area contributed by atoms with Gasteiger partial charge in [0.05, 0.1) is 24.8 Å². The molecule has 40 heavy (non-hydrogen) atoms. The standard InChI is InChI=1S/C30H44N4O6/c1-28(2,3)40-27(37)31-15-16-34(24(19-31)23-9-5-4-6-10-23)26(36)33-14-13-30(38,29(21-33)11-7-8-12-29)22-32-17-18-39-20-25(32)35/h4-6,9-10,24,38H,7-8,11-22H2,1-3H3/t24-,30?/m0/s1. The summed E-state index contributed by atoms with van der Waals surface area (Å²) < 4.78 is 10.9. The fraction of sp³-hybridized carbons (Fsp3) is 0.700. The second kappa shape index (κ2) is 11.2. The maximum Gasteiger partial charge on any atom is 0.410 e. The van der Waals surface area contributed by atoms with Crippen LogP contribution < -0.4 is 0 Å². The van der Waals surface area contributed by atoms with E-state index in [4.69, 9.17) is 9.47 Å². The number of likely N-dealkylation sites (tertiary alicyclic amines) is 1. The van der Waals surface area contributed by atoms with Gasteiger partial charge in [-0.1, -0.05) is 43.2 Å². The number of piperidine rings is 1. The molecule has 1 N–H and O–H groups in total. The number of nitrogens with zero attached hydrogens (tertiary/aromatic N) is 4. The minimum atomic E-state index is -1.04. The molecule has 3 aliphatic heterocycles. The van der Waals surface area contributed by atoms with Gasteiger partial charge in [0, 0.05) is 44.7 Å². The highest BCUT2D eigenvalue weighted by Gasteiger charge is 2.57. The van der Waals surface area contributed by atoms with Gasteiger partial charge in [0.25, 0.3) is 0 Å². The Morgan fingerprint density at radius 2 is 1.75 bits per heavy atom. The van der Waals surface area contributed by atoms with Crippen molar-refractivity contribution in [3.05, 3.63) is 35.9 Å². The van der Waals surface area contributed by atoms with Crippen molar-refractivity contribution < 1.29 is 29.0 Å². The lowest BCUT2D eigenvalue weighted by Crippen LogP contribution is -2.66. The molecule has 220 valence electrons. The number of amides is 4. The highest BCUT2D eigenvalue weighted by atomic mass is 16.6. The van der Waals surface area contributed by atoms with Crippen molar-refractivity contribution in [3.63, 3.8) is 0 Å². The lowest BCUT2D eigenvalue weighted by molar-refractivity contribution is -0.165. The van der Waals surface area contributed by atoms with Gasteiger partial charge in [0.2, 0.25) is 5.91 Å². The first-order valence-corrected chi connectivity index (χ1v) is 14.7. The topological polar surface area (TPSA) is 103 Å². The Balaban J connectivity index is 1.34. The molecule has 10 nitrogen and oxygen atoms in total. The monoisotopic (exact) mass is 556 g/mol. The van der Waals surface area contributed by atoms with Gasteiger partial charge in [-0.2, -0.15) is 0 Å². The number of morpholine rings is 1. The van der Waals surface area contributed by atoms with E-state index in [0.29, 0.717) is 58.8 Å². The van der Waals surface area contributed by atoms with Crippen LogP contribution in [-0.4, -0.2) is 113 Å². The summed E-state index contributed by atoms with van der Waals surface area (Å²) >= 11 is 0. The third kappa shape index (κ3) is 5.79. The quantitative estimate of drug-likeness (QED) is 0.613. The average Bonchev–Trinajstić information content (AvgIpc) is 3.40. The van der Waals surface area contributed by atoms with Crippen LogP contribution in [0.2, 0.25) is 0 Å². The molecule has 3 saturated heterocycles. The van der Waals surface area contributed by atoms with Crippen molar-refractivity contribution in [1.29, 1.82) is 0 Å². The molecule has 4 amide bonds. The molecule has 3 heterocycles. The van der Waals surface area contributed by atoms with E-state index in [9.17, 15) is 19.5 Å². The number of hydrogen-bond acceptors (Lipinski definition) is 6. The molecule has 10 heteroatoms. The Morgan fingerprint density at radius 1 is 1.02 bits per heavy atom. The van der Waals surface area contributed by atoms with Crippen LogP contribution in [0.5, 0.6) is 0 Å². The highest BCUT2D eigenvalue weighted by molar-refractivity contribution is 5.78. The van der Waals surface area contributed by atoms with Gasteiger partial charge in [-0.05, 0) is 45.6 Å². The van der Waals surface area contributed by atoms with Crippen LogP contribution in [0.15, 0.2) is 30.3 Å². The van der Waals surface area contributed by atoms with Crippen molar-refractivity contribution in [2.75, 3.05) is 59.0 Å². The molecule has 4 aliphatic rings. The Hall–Kier alpha value is -2.85. The largest absolute Gasteiger partial charge is 0.444 e. The van der Waals surface area contributed by atoms with Crippen LogP contribution >= 0.6 is 0 Å². The molecule has 4 fully saturated rings. The number of carbonyl (C=O) groups is 3. The van der Waals surface area contributed by atoms with Gasteiger partial charge in [-0.15, -0.1) is 0 Å². The van der Waals surface area contributed by atoms with E-state index < -0.39 is 16.6 Å². The average molecular weight is 557 g/mol. The van der Waals surface area contributed by atoms with Gasteiger partial charge in [0.1, 0.15) is 12.2 Å². The van der Waals surface area contributed by atoms with Gasteiger partial charge < -0.3 is 34.2 Å². The van der Waals surface area contributed by atoms with Crippen LogP contribution in [0.1, 0.15) is 64.5 Å². The number of benzene rings is 1. The zero-order chi connectivity index (χ0) is 28.5. The number of β-amino-alcohol motifs (C(OH)–C–C–N with tert-alkyl or cyclic N) is 1. The number of urea groups is 1. The van der Waals surface area contributed by atoms with Gasteiger partial charge in [0.15, 0.2) is 0 Å². The summed E-state index contributed by atoms with van der Waals surface area (Å²) in [7, 11) is 0. The van der Waals surface area contributed by atoms with Crippen LogP contribution in [-0.2, 0) is 14.3 Å². The van der Waals surface area contributed by atoms with Gasteiger partial charge >= 0.3 is 12.1 Å². The van der Waals surface area contributed by atoms with Crippen LogP contribution in [0.4, 0.5) is 9.59 Å². The predicted octanol–water partition coefficient (Wildman–Crippen LogP) is 3.26. The minimum Gasteiger partial charge on any atom is -0.444 e. The number of aliphatic hydroxyl groups is 1. The number of ether oxygens (including phenoxy) is 2. The van der Waals surface area contributed by atoms with Crippen molar-refractivity contribution >= 4 is 18.0 Å². The van der Waals surface area contributed by atoms with E-state index >= 15 is 0 Å². The summed E-state index contributed by atoms with van der Waals surface area (Å²) in [6, 6.07) is 9.47. The van der Waals surface area contributed by atoms with Crippen LogP contribution in [0, 0.1) is 5.41 Å². The SMILES string of the molecule is CC(C)(C)OC(=O)N1CCN(C(=O)N2CCC(O)(CN3CCOCC3=O)C3(CCCC3)C2)[C@H](c2ccccc2)C1. The Labute approximate surface area is 237 Å². The van der Waals surface area contributed by atoms with Crippen LogP contribution in [0.25, 0.3) is 0 Å². The van der Waals surface area contributed by atoms with E-state index in [1.165, 1.54) is 0 Å². The molecule has 1 aromatic rings. The first-order valence-electron chi connectivity index (χ1n) is 14.7. The summed E-state index contributed by atoms with van der Waals surface area (Å²) in [5.41, 5.74) is -1.11. The molecular formula is C30H44N4O6. The second-order valence-corrected chi connectivity index (χ2v) is 12.9. The zero-order valence-corrected chi connectivity index (χ0v) is 24.1. The van der Waals surface area contributed by atoms with E-state index in [2.05, 4.69) is 0 Å². The smallest absolute Gasteiger partial charge is 0.410 e. The Bertz CT molecular complexity index is 1090. The summed E-state index contributed by atoms with van der Waals surface area (Å²) in [6.45, 7) is 8.91. The lowest BCUT2D eigenvalue weighted by Gasteiger charge is -2.54. The third-order valence-corrected chi connectivity index (χ3v) is 9.11. The molecule has 5 rings (SSSR count). The number of hydrogen-bond donors (Lipinski definition) is 1. The summed E-state index contributed by atoms with van der Waals surface area (Å²) in [5.74, 6) is -0.0834. The molecule has 1 spiro atoms. The number of carbonyl (C=O) groups excluding carboxylic acids is 3. The second-order valence-electron chi connectivity index (χ2n) is 12.9. The zero-order valence-electron chi connectivity index (χ0n) is 24.1. The molecule has 1 saturated carbocycles. The number of piperazine rings is 1. The molecule has 2 atom stereocenters. The van der Waals surface area contributed by atoms with E-state index in [0.717, 1.165) is 31.2 Å². The Kier molecular flexibility index (Phi) is 8.03. The number of rotatable bonds is 3. The predicted molar refractivity (Wildman–Crippen MR) is 149 cm³/mol. The fourth-order valence-electron chi connectivity index (χ4n) is 6.94. The van der Waals surface area contributed by atoms with Crippen LogP contribution in [0.3, 0.4) is 0 Å². The van der Waals surface area contributed by atoms with E-state index in [1.54, 1.807) is 9.80 Å². The maximum absolute atomic E-state index is 14.2. The third-order valence-electron chi connectivity index (χ3n) is 9.11. The summed E-state index contributed by atoms with van der Waals surface area (Å²) in [6.07, 6.45) is 3.73.